The number of hydrogen-bond acceptors (Lipinski definition) is 5. The lowest BCUT2D eigenvalue weighted by Gasteiger charge is -2.25. The van der Waals surface area contributed by atoms with Gasteiger partial charge in [-0.1, -0.05) is 237 Å². The van der Waals surface area contributed by atoms with Gasteiger partial charge in [0.2, 0.25) is 5.91 Å². The Hall–Kier alpha value is -1.28. The van der Waals surface area contributed by atoms with Crippen molar-refractivity contribution in [1.29, 1.82) is 0 Å². The van der Waals surface area contributed by atoms with Gasteiger partial charge < -0.3 is 19.8 Å². The van der Waals surface area contributed by atoms with Crippen LogP contribution in [0.15, 0.2) is 36.5 Å². The van der Waals surface area contributed by atoms with E-state index in [-0.39, 0.29) is 19.1 Å². The van der Waals surface area contributed by atoms with Crippen LogP contribution in [0.25, 0.3) is 0 Å². The first-order valence-corrected chi connectivity index (χ1v) is 28.9. The minimum Gasteiger partial charge on any atom is -0.387 e. The van der Waals surface area contributed by atoms with Crippen LogP contribution in [-0.2, 0) is 18.4 Å². The Kier molecular flexibility index (Phi) is 45.9. The van der Waals surface area contributed by atoms with Crippen molar-refractivity contribution >= 4 is 13.7 Å². The Labute approximate surface area is 397 Å². The van der Waals surface area contributed by atoms with Gasteiger partial charge in [0.25, 0.3) is 0 Å². The van der Waals surface area contributed by atoms with Crippen LogP contribution in [0, 0.1) is 0 Å². The number of rotatable bonds is 50. The average molecular weight is 924 g/mol. The highest BCUT2D eigenvalue weighted by atomic mass is 31.2. The maximum Gasteiger partial charge on any atom is 0.472 e. The summed E-state index contributed by atoms with van der Waals surface area (Å²) in [7, 11) is 1.55. The number of aliphatic hydroxyl groups is 1. The topological polar surface area (TPSA) is 105 Å². The number of aliphatic hydroxyl groups excluding tert-OH is 1. The molecule has 0 rings (SSSR count). The number of phosphoric acid groups is 1. The van der Waals surface area contributed by atoms with E-state index in [0.29, 0.717) is 17.4 Å². The fourth-order valence-corrected chi connectivity index (χ4v) is 8.72. The molecule has 378 valence electrons. The Balaban J connectivity index is 4.10. The quantitative estimate of drug-likeness (QED) is 0.0243. The minimum absolute atomic E-state index is 0.0547. The number of amides is 1. The standard InChI is InChI=1S/C55H107N2O6P/c1-6-8-10-12-14-16-18-19-20-21-22-23-24-25-26-27-28-29-30-31-32-33-34-35-36-37-39-40-42-44-46-48-54(58)53(52-63-64(60,61)62-51-50-57(3,4)5)56-55(59)49-47-45-43-41-38-17-15-13-11-9-7-2/h13,15,39-40,46,48,53-54,58H,6-12,14,16-38,41-45,47,49-52H2,1-5H3,(H-,56,59,60,61)/p+1/b15-13-,40-39+,48-46+. The molecule has 8 nitrogen and oxygen atoms in total. The molecule has 0 heterocycles. The molecule has 9 heteroatoms. The van der Waals surface area contributed by atoms with Gasteiger partial charge in [0.05, 0.1) is 39.9 Å². The molecule has 0 spiro atoms. The average Bonchev–Trinajstić information content (AvgIpc) is 3.25. The predicted octanol–water partition coefficient (Wildman–Crippen LogP) is 16.2. The molecule has 0 aromatic rings. The molecule has 1 amide bonds. The Morgan fingerprint density at radius 1 is 0.516 bits per heavy atom. The first-order valence-electron chi connectivity index (χ1n) is 27.4. The van der Waals surface area contributed by atoms with Crippen LogP contribution in [0.1, 0.15) is 258 Å². The van der Waals surface area contributed by atoms with E-state index in [0.717, 1.165) is 51.4 Å². The number of hydrogen-bond donors (Lipinski definition) is 3. The van der Waals surface area contributed by atoms with E-state index in [2.05, 4.69) is 43.5 Å². The van der Waals surface area contributed by atoms with Crippen molar-refractivity contribution in [3.05, 3.63) is 36.5 Å². The highest BCUT2D eigenvalue weighted by molar-refractivity contribution is 7.47. The Morgan fingerprint density at radius 3 is 1.30 bits per heavy atom. The molecule has 3 atom stereocenters. The van der Waals surface area contributed by atoms with Gasteiger partial charge in [0.15, 0.2) is 0 Å². The summed E-state index contributed by atoms with van der Waals surface area (Å²) in [6.07, 6.45) is 59.8. The van der Waals surface area contributed by atoms with Gasteiger partial charge in [0, 0.05) is 6.42 Å². The van der Waals surface area contributed by atoms with Gasteiger partial charge >= 0.3 is 7.82 Å². The predicted molar refractivity (Wildman–Crippen MR) is 277 cm³/mol. The number of allylic oxidation sites excluding steroid dienone is 5. The minimum atomic E-state index is -4.35. The van der Waals surface area contributed by atoms with E-state index in [1.54, 1.807) is 6.08 Å². The van der Waals surface area contributed by atoms with Crippen molar-refractivity contribution in [1.82, 2.24) is 5.32 Å². The maximum absolute atomic E-state index is 12.9. The second-order valence-electron chi connectivity index (χ2n) is 19.9. The van der Waals surface area contributed by atoms with Gasteiger partial charge in [-0.3, -0.25) is 13.8 Å². The van der Waals surface area contributed by atoms with Crippen molar-refractivity contribution < 1.29 is 32.9 Å². The largest absolute Gasteiger partial charge is 0.472 e. The normalized spacial score (nSPS) is 14.3. The van der Waals surface area contributed by atoms with E-state index < -0.39 is 20.0 Å². The number of likely N-dealkylation sites (N-methyl/N-ethyl adjacent to an activating group) is 1. The van der Waals surface area contributed by atoms with Crippen LogP contribution in [0.4, 0.5) is 0 Å². The molecular formula is C55H108N2O6P+. The lowest BCUT2D eigenvalue weighted by atomic mass is 10.0. The number of nitrogens with zero attached hydrogens (tertiary/aromatic N) is 1. The van der Waals surface area contributed by atoms with Gasteiger partial charge in [-0.05, 0) is 51.4 Å². The fraction of sp³-hybridized carbons (Fsp3) is 0.873. The van der Waals surface area contributed by atoms with E-state index in [1.165, 1.54) is 186 Å². The molecule has 0 radical (unpaired) electrons. The summed E-state index contributed by atoms with van der Waals surface area (Å²) >= 11 is 0. The highest BCUT2D eigenvalue weighted by Gasteiger charge is 2.27. The molecule has 0 aliphatic rings. The van der Waals surface area contributed by atoms with E-state index >= 15 is 0 Å². The van der Waals surface area contributed by atoms with Crippen LogP contribution in [0.2, 0.25) is 0 Å². The molecule has 0 saturated carbocycles. The molecule has 0 aromatic heterocycles. The van der Waals surface area contributed by atoms with E-state index in [4.69, 9.17) is 9.05 Å². The monoisotopic (exact) mass is 924 g/mol. The second kappa shape index (κ2) is 46.8. The van der Waals surface area contributed by atoms with Crippen LogP contribution in [0.3, 0.4) is 0 Å². The molecular weight excluding hydrogens is 816 g/mol. The maximum atomic E-state index is 12.9. The molecule has 0 fully saturated rings. The van der Waals surface area contributed by atoms with Crippen molar-refractivity contribution in [3.8, 4) is 0 Å². The zero-order chi connectivity index (χ0) is 47.1. The SMILES string of the molecule is CCCC/C=C\CCCCCCCC(=O)NC(COP(=O)(O)OCC[N+](C)(C)C)C(O)/C=C/CC/C=C/CCCCCCCCCCCCCCCCCCCCCCCCCCC. The van der Waals surface area contributed by atoms with Gasteiger partial charge in [-0.25, -0.2) is 4.57 Å². The lowest BCUT2D eigenvalue weighted by molar-refractivity contribution is -0.870. The third kappa shape index (κ3) is 48.6. The summed E-state index contributed by atoms with van der Waals surface area (Å²) in [6, 6.07) is -0.866. The Morgan fingerprint density at radius 2 is 0.875 bits per heavy atom. The van der Waals surface area contributed by atoms with Crippen molar-refractivity contribution in [2.75, 3.05) is 40.9 Å². The second-order valence-corrected chi connectivity index (χ2v) is 21.4. The number of unbranched alkanes of at least 4 members (excludes halogenated alkanes) is 33. The van der Waals surface area contributed by atoms with Gasteiger partial charge in [-0.15, -0.1) is 0 Å². The molecule has 64 heavy (non-hydrogen) atoms. The van der Waals surface area contributed by atoms with Gasteiger partial charge in [-0.2, -0.15) is 0 Å². The summed E-state index contributed by atoms with van der Waals surface area (Å²) in [5.41, 5.74) is 0. The zero-order valence-corrected chi connectivity index (χ0v) is 43.9. The van der Waals surface area contributed by atoms with E-state index in [9.17, 15) is 19.4 Å². The summed E-state index contributed by atoms with van der Waals surface area (Å²) in [4.78, 5) is 23.1. The Bertz CT molecular complexity index is 1140. The smallest absolute Gasteiger partial charge is 0.387 e. The molecule has 0 aliphatic carbocycles. The highest BCUT2D eigenvalue weighted by Crippen LogP contribution is 2.43. The summed E-state index contributed by atoms with van der Waals surface area (Å²) in [6.45, 7) is 4.76. The van der Waals surface area contributed by atoms with Gasteiger partial charge in [0.1, 0.15) is 13.2 Å². The number of quaternary nitrogens is 1. The van der Waals surface area contributed by atoms with Crippen molar-refractivity contribution in [2.24, 2.45) is 0 Å². The van der Waals surface area contributed by atoms with Crippen molar-refractivity contribution in [2.45, 2.75) is 270 Å². The van der Waals surface area contributed by atoms with E-state index in [1.807, 2.05) is 27.2 Å². The van der Waals surface area contributed by atoms with Crippen LogP contribution < -0.4 is 5.32 Å². The summed E-state index contributed by atoms with van der Waals surface area (Å²) < 4.78 is 23.6. The fourth-order valence-electron chi connectivity index (χ4n) is 7.98. The number of carbonyl (C=O) groups excluding carboxylic acids is 1. The lowest BCUT2D eigenvalue weighted by Crippen LogP contribution is -2.45. The number of phosphoric ester groups is 1. The molecule has 0 aliphatic heterocycles. The summed E-state index contributed by atoms with van der Waals surface area (Å²) in [5, 5.41) is 13.8. The van der Waals surface area contributed by atoms with Crippen LogP contribution in [0.5, 0.6) is 0 Å². The molecule has 0 saturated heterocycles. The third-order valence-corrected chi connectivity index (χ3v) is 13.3. The molecule has 0 aromatic carbocycles. The number of carbonyl (C=O) groups is 1. The van der Waals surface area contributed by atoms with Crippen LogP contribution >= 0.6 is 7.82 Å². The molecule has 3 unspecified atom stereocenters. The number of nitrogens with one attached hydrogen (secondary N) is 1. The molecule has 3 N–H and O–H groups in total. The first kappa shape index (κ1) is 62.7. The molecule has 0 bridgehead atoms. The first-order chi connectivity index (χ1) is 31.0. The summed E-state index contributed by atoms with van der Waals surface area (Å²) in [5.74, 6) is -0.197. The third-order valence-electron chi connectivity index (χ3n) is 12.3. The zero-order valence-electron chi connectivity index (χ0n) is 43.0. The van der Waals surface area contributed by atoms with Crippen LogP contribution in [-0.4, -0.2) is 73.4 Å². The van der Waals surface area contributed by atoms with Crippen molar-refractivity contribution in [3.63, 3.8) is 0 Å².